The van der Waals surface area contributed by atoms with Gasteiger partial charge in [-0.05, 0) is 30.2 Å². The Morgan fingerprint density at radius 2 is 2.00 bits per heavy atom. The number of hydrogen-bond acceptors (Lipinski definition) is 3. The third-order valence-electron chi connectivity index (χ3n) is 2.59. The largest absolute Gasteiger partial charge is 0.416 e. The zero-order chi connectivity index (χ0) is 15.2. The Kier molecular flexibility index (Phi) is 8.31. The van der Waals surface area contributed by atoms with Gasteiger partial charge in [0.1, 0.15) is 0 Å². The smallest absolute Gasteiger partial charge is 0.385 e. The zero-order valence-corrected chi connectivity index (χ0v) is 12.3. The number of carbonyl (C=O) groups excluding carboxylic acids is 1. The highest BCUT2D eigenvalue weighted by Crippen LogP contribution is 2.32. The van der Waals surface area contributed by atoms with Crippen LogP contribution in [0.5, 0.6) is 0 Å². The molecule has 0 bridgehead atoms. The van der Waals surface area contributed by atoms with Crippen molar-refractivity contribution in [3.05, 3.63) is 29.3 Å². The van der Waals surface area contributed by atoms with E-state index in [0.717, 1.165) is 12.1 Å². The molecule has 1 rings (SSSR count). The number of anilines is 1. The summed E-state index contributed by atoms with van der Waals surface area (Å²) in [5, 5.41) is 2.44. The number of amides is 1. The number of methoxy groups -OCH3 is 1. The maximum atomic E-state index is 12.7. The molecule has 0 aliphatic heterocycles. The minimum Gasteiger partial charge on any atom is -0.385 e. The van der Waals surface area contributed by atoms with Gasteiger partial charge >= 0.3 is 6.18 Å². The second-order valence-corrected chi connectivity index (χ2v) is 4.27. The summed E-state index contributed by atoms with van der Waals surface area (Å²) < 4.78 is 42.9. The standard InChI is InChI=1S/C13H17F3N2O2.ClH/c1-20-4-2-3-12(19)18-11-6-9(8-17)5-10(7-11)13(14,15)16;/h5-7H,2-4,8,17H2,1H3,(H,18,19);1H. The average molecular weight is 327 g/mol. The highest BCUT2D eigenvalue weighted by Gasteiger charge is 2.31. The average Bonchev–Trinajstić information content (AvgIpc) is 2.37. The summed E-state index contributed by atoms with van der Waals surface area (Å²) in [5.41, 5.74) is 4.95. The van der Waals surface area contributed by atoms with E-state index >= 15 is 0 Å². The van der Waals surface area contributed by atoms with E-state index in [-0.39, 0.29) is 37.0 Å². The minimum atomic E-state index is -4.47. The number of alkyl halides is 3. The van der Waals surface area contributed by atoms with Gasteiger partial charge in [-0.25, -0.2) is 0 Å². The van der Waals surface area contributed by atoms with Gasteiger partial charge in [0, 0.05) is 32.4 Å². The van der Waals surface area contributed by atoms with Crippen molar-refractivity contribution in [2.24, 2.45) is 5.73 Å². The van der Waals surface area contributed by atoms with Crippen LogP contribution in [0.3, 0.4) is 0 Å². The molecule has 21 heavy (non-hydrogen) atoms. The lowest BCUT2D eigenvalue weighted by atomic mass is 10.1. The Morgan fingerprint density at radius 3 is 2.52 bits per heavy atom. The van der Waals surface area contributed by atoms with E-state index in [1.54, 1.807) is 0 Å². The molecule has 0 unspecified atom stereocenters. The van der Waals surface area contributed by atoms with Crippen molar-refractivity contribution in [2.75, 3.05) is 19.0 Å². The van der Waals surface area contributed by atoms with Crippen LogP contribution in [-0.4, -0.2) is 19.6 Å². The molecular formula is C13H18ClF3N2O2. The summed E-state index contributed by atoms with van der Waals surface area (Å²) in [7, 11) is 1.51. The zero-order valence-electron chi connectivity index (χ0n) is 11.5. The van der Waals surface area contributed by atoms with Crippen LogP contribution in [0, 0.1) is 0 Å². The van der Waals surface area contributed by atoms with E-state index in [4.69, 9.17) is 10.5 Å². The Morgan fingerprint density at radius 1 is 1.33 bits per heavy atom. The molecule has 4 nitrogen and oxygen atoms in total. The van der Waals surface area contributed by atoms with E-state index in [0.29, 0.717) is 18.6 Å². The van der Waals surface area contributed by atoms with Crippen molar-refractivity contribution in [1.29, 1.82) is 0 Å². The fourth-order valence-electron chi connectivity index (χ4n) is 1.65. The molecule has 1 aromatic carbocycles. The van der Waals surface area contributed by atoms with Crippen molar-refractivity contribution in [3.8, 4) is 0 Å². The molecule has 0 aliphatic rings. The molecule has 120 valence electrons. The van der Waals surface area contributed by atoms with E-state index in [1.165, 1.54) is 13.2 Å². The number of benzene rings is 1. The number of hydrogen-bond donors (Lipinski definition) is 2. The Hall–Kier alpha value is -1.31. The van der Waals surface area contributed by atoms with Crippen LogP contribution in [0.2, 0.25) is 0 Å². The summed E-state index contributed by atoms with van der Waals surface area (Å²) in [6.45, 7) is 0.389. The van der Waals surface area contributed by atoms with Crippen molar-refractivity contribution in [3.63, 3.8) is 0 Å². The van der Waals surface area contributed by atoms with Crippen molar-refractivity contribution >= 4 is 24.0 Å². The van der Waals surface area contributed by atoms with Gasteiger partial charge in [-0.15, -0.1) is 12.4 Å². The van der Waals surface area contributed by atoms with Crippen LogP contribution in [0.15, 0.2) is 18.2 Å². The molecule has 0 aliphatic carbocycles. The van der Waals surface area contributed by atoms with E-state index in [9.17, 15) is 18.0 Å². The van der Waals surface area contributed by atoms with Crippen LogP contribution >= 0.6 is 12.4 Å². The molecule has 1 amide bonds. The molecule has 3 N–H and O–H groups in total. The number of carbonyl (C=O) groups is 1. The highest BCUT2D eigenvalue weighted by molar-refractivity contribution is 5.90. The maximum absolute atomic E-state index is 12.7. The Balaban J connectivity index is 0.00000400. The predicted molar refractivity (Wildman–Crippen MR) is 76.3 cm³/mol. The monoisotopic (exact) mass is 326 g/mol. The third-order valence-corrected chi connectivity index (χ3v) is 2.59. The molecule has 0 radical (unpaired) electrons. The lowest BCUT2D eigenvalue weighted by Crippen LogP contribution is -2.14. The SMILES string of the molecule is COCCCC(=O)Nc1cc(CN)cc(C(F)(F)F)c1.Cl. The summed E-state index contributed by atoms with van der Waals surface area (Å²) in [4.78, 5) is 11.6. The third kappa shape index (κ3) is 6.79. The fourth-order valence-corrected chi connectivity index (χ4v) is 1.65. The van der Waals surface area contributed by atoms with Gasteiger partial charge in [-0.2, -0.15) is 13.2 Å². The first-order valence-electron chi connectivity index (χ1n) is 6.07. The molecule has 0 heterocycles. The van der Waals surface area contributed by atoms with E-state index in [1.807, 2.05) is 0 Å². The van der Waals surface area contributed by atoms with E-state index in [2.05, 4.69) is 5.32 Å². The van der Waals surface area contributed by atoms with Gasteiger partial charge < -0.3 is 15.8 Å². The van der Waals surface area contributed by atoms with E-state index < -0.39 is 11.7 Å². The number of halogens is 4. The normalized spacial score (nSPS) is 10.9. The molecular weight excluding hydrogens is 309 g/mol. The molecule has 0 aromatic heterocycles. The Labute approximate surface area is 127 Å². The first-order valence-corrected chi connectivity index (χ1v) is 6.07. The van der Waals surface area contributed by atoms with Crippen molar-refractivity contribution in [1.82, 2.24) is 0 Å². The van der Waals surface area contributed by atoms with Gasteiger partial charge in [-0.1, -0.05) is 0 Å². The topological polar surface area (TPSA) is 64.3 Å². The van der Waals surface area contributed by atoms with Crippen molar-refractivity contribution in [2.45, 2.75) is 25.6 Å². The van der Waals surface area contributed by atoms with Crippen LogP contribution in [-0.2, 0) is 22.3 Å². The van der Waals surface area contributed by atoms with Crippen LogP contribution in [0.25, 0.3) is 0 Å². The Bertz CT molecular complexity index is 467. The van der Waals surface area contributed by atoms with Crippen LogP contribution in [0.1, 0.15) is 24.0 Å². The highest BCUT2D eigenvalue weighted by atomic mass is 35.5. The molecule has 0 atom stereocenters. The van der Waals surface area contributed by atoms with Gasteiger partial charge in [0.05, 0.1) is 5.56 Å². The summed E-state index contributed by atoms with van der Waals surface area (Å²) in [6.07, 6.45) is -3.78. The van der Waals surface area contributed by atoms with Crippen LogP contribution < -0.4 is 11.1 Å². The number of nitrogens with two attached hydrogens (primary N) is 1. The lowest BCUT2D eigenvalue weighted by Gasteiger charge is -2.12. The molecule has 0 saturated heterocycles. The second kappa shape index (κ2) is 8.86. The van der Waals surface area contributed by atoms with Crippen LogP contribution in [0.4, 0.5) is 18.9 Å². The maximum Gasteiger partial charge on any atom is 0.416 e. The van der Waals surface area contributed by atoms with Gasteiger partial charge in [0.25, 0.3) is 0 Å². The number of ether oxygens (including phenoxy) is 1. The first-order chi connectivity index (χ1) is 9.36. The molecule has 1 aromatic rings. The van der Waals surface area contributed by atoms with Crippen molar-refractivity contribution < 1.29 is 22.7 Å². The molecule has 0 fully saturated rings. The predicted octanol–water partition coefficient (Wildman–Crippen LogP) is 2.95. The van der Waals surface area contributed by atoms with Gasteiger partial charge in [0.15, 0.2) is 0 Å². The summed E-state index contributed by atoms with van der Waals surface area (Å²) in [5.74, 6) is -0.357. The minimum absolute atomic E-state index is 0. The molecule has 0 spiro atoms. The molecule has 8 heteroatoms. The number of nitrogens with one attached hydrogen (secondary N) is 1. The number of rotatable bonds is 6. The quantitative estimate of drug-likeness (QED) is 0.790. The van der Waals surface area contributed by atoms with Gasteiger partial charge in [-0.3, -0.25) is 4.79 Å². The first kappa shape index (κ1) is 19.7. The second-order valence-electron chi connectivity index (χ2n) is 4.27. The summed E-state index contributed by atoms with van der Waals surface area (Å²) >= 11 is 0. The summed E-state index contributed by atoms with van der Waals surface area (Å²) in [6, 6.07) is 3.30. The van der Waals surface area contributed by atoms with Gasteiger partial charge in [0.2, 0.25) is 5.91 Å². The molecule has 0 saturated carbocycles. The fraction of sp³-hybridized carbons (Fsp3) is 0.462. The lowest BCUT2D eigenvalue weighted by molar-refractivity contribution is -0.137.